The van der Waals surface area contributed by atoms with E-state index in [2.05, 4.69) is 20.0 Å². The minimum absolute atomic E-state index is 0.00829. The number of hydrogen-bond acceptors (Lipinski definition) is 6. The molecule has 140 valence electrons. The van der Waals surface area contributed by atoms with Crippen molar-refractivity contribution in [1.82, 2.24) is 20.0 Å². The average Bonchev–Trinajstić information content (AvgIpc) is 3.19. The van der Waals surface area contributed by atoms with Crippen LogP contribution in [0.1, 0.15) is 16.2 Å². The Balaban J connectivity index is 1.61. The van der Waals surface area contributed by atoms with Crippen LogP contribution in [0.2, 0.25) is 0 Å². The number of aromatic amines is 1. The van der Waals surface area contributed by atoms with E-state index in [9.17, 15) is 13.2 Å². The summed E-state index contributed by atoms with van der Waals surface area (Å²) in [7, 11) is -3.76. The fraction of sp³-hybridized carbons (Fsp3) is 0.375. The number of carbonyl (C=O) groups excluding carboxylic acids is 1. The van der Waals surface area contributed by atoms with Gasteiger partial charge in [-0.05, 0) is 18.2 Å². The van der Waals surface area contributed by atoms with Gasteiger partial charge in [-0.15, -0.1) is 0 Å². The fourth-order valence-corrected chi connectivity index (χ4v) is 3.44. The van der Waals surface area contributed by atoms with Gasteiger partial charge in [-0.2, -0.15) is 0 Å². The first-order chi connectivity index (χ1) is 12.5. The van der Waals surface area contributed by atoms with E-state index < -0.39 is 10.0 Å². The van der Waals surface area contributed by atoms with Crippen LogP contribution in [-0.2, 0) is 26.0 Å². The number of benzene rings is 1. The van der Waals surface area contributed by atoms with Crippen LogP contribution in [0.15, 0.2) is 41.6 Å². The number of nitrogens with zero attached hydrogens (tertiary/aromatic N) is 1. The third-order valence-electron chi connectivity index (χ3n) is 3.77. The summed E-state index contributed by atoms with van der Waals surface area (Å²) in [5.74, 6) is 0.124. The molecule has 3 N–H and O–H groups in total. The molecule has 0 bridgehead atoms. The molecule has 3 rings (SSSR count). The molecule has 1 aliphatic heterocycles. The second-order valence-corrected chi connectivity index (χ2v) is 7.43. The first-order valence-corrected chi connectivity index (χ1v) is 9.58. The minimum Gasteiger partial charge on any atom is -0.376 e. The van der Waals surface area contributed by atoms with Crippen LogP contribution in [0, 0.1) is 0 Å². The van der Waals surface area contributed by atoms with Crippen LogP contribution >= 0.6 is 0 Å². The van der Waals surface area contributed by atoms with Crippen LogP contribution < -0.4 is 10.0 Å². The zero-order valence-electron chi connectivity index (χ0n) is 14.0. The molecular weight excluding hydrogens is 360 g/mol. The lowest BCUT2D eigenvalue weighted by Crippen LogP contribution is -2.39. The van der Waals surface area contributed by atoms with Crippen molar-refractivity contribution in [2.45, 2.75) is 17.5 Å². The molecule has 1 amide bonds. The molecule has 9 nitrogen and oxygen atoms in total. The van der Waals surface area contributed by atoms with Gasteiger partial charge in [0.05, 0.1) is 37.4 Å². The summed E-state index contributed by atoms with van der Waals surface area (Å²) in [6.45, 7) is 1.80. The Morgan fingerprint density at radius 3 is 2.96 bits per heavy atom. The van der Waals surface area contributed by atoms with Gasteiger partial charge in [-0.1, -0.05) is 6.07 Å². The number of ether oxygens (including phenoxy) is 2. The quantitative estimate of drug-likeness (QED) is 0.623. The molecule has 1 aliphatic rings. The summed E-state index contributed by atoms with van der Waals surface area (Å²) in [5, 5.41) is 2.73. The second-order valence-electron chi connectivity index (χ2n) is 5.67. The van der Waals surface area contributed by atoms with Crippen molar-refractivity contribution >= 4 is 15.9 Å². The maximum Gasteiger partial charge on any atom is 0.251 e. The number of amides is 1. The summed E-state index contributed by atoms with van der Waals surface area (Å²) in [4.78, 5) is 19.1. The second kappa shape index (κ2) is 8.41. The third kappa shape index (κ3) is 4.88. The van der Waals surface area contributed by atoms with Gasteiger partial charge >= 0.3 is 0 Å². The first-order valence-electron chi connectivity index (χ1n) is 8.10. The van der Waals surface area contributed by atoms with Gasteiger partial charge < -0.3 is 19.8 Å². The summed E-state index contributed by atoms with van der Waals surface area (Å²) in [6.07, 6.45) is 2.94. The number of carbonyl (C=O) groups is 1. The highest BCUT2D eigenvalue weighted by Crippen LogP contribution is 2.12. The van der Waals surface area contributed by atoms with Crippen molar-refractivity contribution < 1.29 is 22.7 Å². The van der Waals surface area contributed by atoms with Crippen molar-refractivity contribution in [3.63, 3.8) is 0 Å². The highest BCUT2D eigenvalue weighted by molar-refractivity contribution is 7.89. The van der Waals surface area contributed by atoms with Crippen molar-refractivity contribution in [1.29, 1.82) is 0 Å². The van der Waals surface area contributed by atoms with Gasteiger partial charge in [0.2, 0.25) is 10.0 Å². The first kappa shape index (κ1) is 18.5. The number of sulfonamides is 1. The van der Waals surface area contributed by atoms with Crippen molar-refractivity contribution in [3.8, 4) is 0 Å². The van der Waals surface area contributed by atoms with E-state index in [4.69, 9.17) is 9.47 Å². The Morgan fingerprint density at radius 1 is 1.35 bits per heavy atom. The van der Waals surface area contributed by atoms with E-state index in [1.807, 2.05) is 0 Å². The summed E-state index contributed by atoms with van der Waals surface area (Å²) >= 11 is 0. The molecule has 26 heavy (non-hydrogen) atoms. The lowest BCUT2D eigenvalue weighted by Gasteiger charge is -2.23. The standard InChI is InChI=1S/C16H20N4O5S/c21-16(19-9-13-11-24-6-7-25-13)12-2-1-3-14(8-12)26(22,23)20-10-15-17-4-5-18-15/h1-5,8,13,20H,6-7,9-11H2,(H,17,18)(H,19,21). The van der Waals surface area contributed by atoms with E-state index in [1.54, 1.807) is 12.3 Å². The zero-order chi connectivity index (χ0) is 18.4. The molecule has 1 aromatic heterocycles. The molecule has 1 fully saturated rings. The van der Waals surface area contributed by atoms with Crippen LogP contribution in [0.5, 0.6) is 0 Å². The van der Waals surface area contributed by atoms with Crippen LogP contribution in [0.4, 0.5) is 0 Å². The molecule has 2 aromatic rings. The van der Waals surface area contributed by atoms with Crippen LogP contribution in [0.25, 0.3) is 0 Å². The number of hydrogen-bond donors (Lipinski definition) is 3. The number of H-pyrrole nitrogens is 1. The Bertz CT molecular complexity index is 832. The van der Waals surface area contributed by atoms with Crippen LogP contribution in [0.3, 0.4) is 0 Å². The van der Waals surface area contributed by atoms with E-state index in [-0.39, 0.29) is 29.0 Å². The van der Waals surface area contributed by atoms with Gasteiger partial charge in [0.1, 0.15) is 5.82 Å². The van der Waals surface area contributed by atoms with Gasteiger partial charge in [-0.3, -0.25) is 4.79 Å². The predicted molar refractivity (Wildman–Crippen MR) is 91.9 cm³/mol. The molecule has 0 aliphatic carbocycles. The van der Waals surface area contributed by atoms with Gasteiger partial charge in [0.25, 0.3) is 5.91 Å². The third-order valence-corrected chi connectivity index (χ3v) is 5.17. The maximum atomic E-state index is 12.4. The fourth-order valence-electron chi connectivity index (χ4n) is 2.41. The highest BCUT2D eigenvalue weighted by atomic mass is 32.2. The van der Waals surface area contributed by atoms with Crippen molar-refractivity contribution in [2.24, 2.45) is 0 Å². The lowest BCUT2D eigenvalue weighted by molar-refractivity contribution is -0.0855. The molecule has 1 aromatic carbocycles. The molecule has 0 saturated carbocycles. The van der Waals surface area contributed by atoms with Crippen molar-refractivity contribution in [3.05, 3.63) is 48.0 Å². The van der Waals surface area contributed by atoms with Gasteiger partial charge in [-0.25, -0.2) is 18.1 Å². The minimum atomic E-state index is -3.76. The lowest BCUT2D eigenvalue weighted by atomic mass is 10.2. The molecule has 1 saturated heterocycles. The molecule has 0 radical (unpaired) electrons. The SMILES string of the molecule is O=C(NCC1COCCO1)c1cccc(S(=O)(=O)NCc2ncc[nH]2)c1. The monoisotopic (exact) mass is 380 g/mol. The topological polar surface area (TPSA) is 122 Å². The van der Waals surface area contributed by atoms with E-state index >= 15 is 0 Å². The highest BCUT2D eigenvalue weighted by Gasteiger charge is 2.18. The normalized spacial score (nSPS) is 17.8. The van der Waals surface area contributed by atoms with E-state index in [1.165, 1.54) is 24.4 Å². The summed E-state index contributed by atoms with van der Waals surface area (Å²) < 4.78 is 37.9. The predicted octanol–water partition coefficient (Wildman–Crippen LogP) is 0.0334. The van der Waals surface area contributed by atoms with Gasteiger partial charge in [0, 0.05) is 24.5 Å². The molecular formula is C16H20N4O5S. The van der Waals surface area contributed by atoms with Gasteiger partial charge in [0.15, 0.2) is 0 Å². The largest absolute Gasteiger partial charge is 0.376 e. The maximum absolute atomic E-state index is 12.4. The van der Waals surface area contributed by atoms with E-state index in [0.717, 1.165) is 0 Å². The molecule has 10 heteroatoms. The van der Waals surface area contributed by atoms with Crippen LogP contribution in [-0.4, -0.2) is 56.8 Å². The molecule has 1 atom stereocenters. The molecule has 0 spiro atoms. The molecule has 2 heterocycles. The number of nitrogens with one attached hydrogen (secondary N) is 3. The Labute approximate surface area is 151 Å². The Kier molecular flexibility index (Phi) is 5.99. The summed E-state index contributed by atoms with van der Waals surface area (Å²) in [6, 6.07) is 5.84. The zero-order valence-corrected chi connectivity index (χ0v) is 14.8. The number of aromatic nitrogens is 2. The molecule has 1 unspecified atom stereocenters. The Morgan fingerprint density at radius 2 is 2.23 bits per heavy atom. The smallest absolute Gasteiger partial charge is 0.251 e. The number of imidazole rings is 1. The number of rotatable bonds is 7. The summed E-state index contributed by atoms with van der Waals surface area (Å²) in [5.41, 5.74) is 0.252. The van der Waals surface area contributed by atoms with E-state index in [0.29, 0.717) is 32.2 Å². The Hall–Kier alpha value is -2.27. The average molecular weight is 380 g/mol. The van der Waals surface area contributed by atoms with Crippen molar-refractivity contribution in [2.75, 3.05) is 26.4 Å².